The highest BCUT2D eigenvalue weighted by atomic mass is 19.4. The SMILES string of the molecule is FC(F)(F)c1nnc2ccc(NC3CCCC3)nn12. The summed E-state index contributed by atoms with van der Waals surface area (Å²) >= 11 is 0. The number of hydrogen-bond acceptors (Lipinski definition) is 4. The lowest BCUT2D eigenvalue weighted by Gasteiger charge is -2.12. The van der Waals surface area contributed by atoms with Crippen molar-refractivity contribution >= 4 is 11.5 Å². The Hall–Kier alpha value is -1.86. The van der Waals surface area contributed by atoms with Gasteiger partial charge in [0.2, 0.25) is 0 Å². The monoisotopic (exact) mass is 271 g/mol. The summed E-state index contributed by atoms with van der Waals surface area (Å²) in [6, 6.07) is 3.39. The molecule has 2 aromatic rings. The molecule has 0 bridgehead atoms. The first kappa shape index (κ1) is 12.2. The van der Waals surface area contributed by atoms with E-state index in [-0.39, 0.29) is 11.7 Å². The van der Waals surface area contributed by atoms with Crippen LogP contribution in [-0.4, -0.2) is 25.9 Å². The molecule has 0 amide bonds. The fourth-order valence-electron chi connectivity index (χ4n) is 2.32. The first-order valence-electron chi connectivity index (χ1n) is 6.10. The number of halogens is 3. The van der Waals surface area contributed by atoms with E-state index in [9.17, 15) is 13.2 Å². The lowest BCUT2D eigenvalue weighted by molar-refractivity contribution is -0.146. The van der Waals surface area contributed by atoms with Gasteiger partial charge in [-0.05, 0) is 25.0 Å². The molecule has 3 rings (SSSR count). The molecule has 0 aromatic carbocycles. The second-order valence-electron chi connectivity index (χ2n) is 4.64. The minimum atomic E-state index is -4.56. The van der Waals surface area contributed by atoms with Gasteiger partial charge in [0, 0.05) is 6.04 Å². The molecule has 1 saturated carbocycles. The molecule has 1 aliphatic carbocycles. The Kier molecular flexibility index (Phi) is 2.79. The number of nitrogens with zero attached hydrogens (tertiary/aromatic N) is 4. The van der Waals surface area contributed by atoms with Gasteiger partial charge in [0.25, 0.3) is 5.82 Å². The van der Waals surface area contributed by atoms with Crippen molar-refractivity contribution in [3.05, 3.63) is 18.0 Å². The lowest BCUT2D eigenvalue weighted by Crippen LogP contribution is -2.18. The van der Waals surface area contributed by atoms with Gasteiger partial charge in [-0.15, -0.1) is 15.3 Å². The van der Waals surface area contributed by atoms with Gasteiger partial charge < -0.3 is 5.32 Å². The molecule has 8 heteroatoms. The molecule has 1 N–H and O–H groups in total. The van der Waals surface area contributed by atoms with Crippen LogP contribution in [-0.2, 0) is 6.18 Å². The van der Waals surface area contributed by atoms with E-state index in [0.29, 0.717) is 5.82 Å². The standard InChI is InChI=1S/C11H12F3N5/c12-11(13,14)10-17-16-9-6-5-8(18-19(9)10)15-7-3-1-2-4-7/h5-7H,1-4H2,(H,15,18). The average Bonchev–Trinajstić information content (AvgIpc) is 2.95. The third kappa shape index (κ3) is 2.34. The third-order valence-electron chi connectivity index (χ3n) is 3.22. The van der Waals surface area contributed by atoms with Crippen molar-refractivity contribution in [2.24, 2.45) is 0 Å². The Morgan fingerprint density at radius 1 is 1.16 bits per heavy atom. The van der Waals surface area contributed by atoms with E-state index in [1.165, 1.54) is 6.07 Å². The maximum Gasteiger partial charge on any atom is 0.453 e. The van der Waals surface area contributed by atoms with Gasteiger partial charge in [-0.25, -0.2) is 0 Å². The van der Waals surface area contributed by atoms with E-state index in [1.54, 1.807) is 6.07 Å². The molecule has 19 heavy (non-hydrogen) atoms. The summed E-state index contributed by atoms with van der Waals surface area (Å²) in [6.45, 7) is 0. The van der Waals surface area contributed by atoms with Crippen molar-refractivity contribution in [1.29, 1.82) is 0 Å². The number of alkyl halides is 3. The Balaban J connectivity index is 1.94. The summed E-state index contributed by atoms with van der Waals surface area (Å²) in [5, 5.41) is 13.7. The van der Waals surface area contributed by atoms with Crippen molar-refractivity contribution in [2.75, 3.05) is 5.32 Å². The largest absolute Gasteiger partial charge is 0.453 e. The van der Waals surface area contributed by atoms with Crippen molar-refractivity contribution in [3.8, 4) is 0 Å². The van der Waals surface area contributed by atoms with Gasteiger partial charge in [-0.2, -0.15) is 17.7 Å². The summed E-state index contributed by atoms with van der Waals surface area (Å²) in [5.41, 5.74) is 0.0873. The normalized spacial score (nSPS) is 17.2. The highest BCUT2D eigenvalue weighted by molar-refractivity contribution is 5.44. The minimum absolute atomic E-state index is 0.0873. The molecule has 0 unspecified atom stereocenters. The smallest absolute Gasteiger partial charge is 0.366 e. The number of nitrogens with one attached hydrogen (secondary N) is 1. The molecule has 1 fully saturated rings. The predicted octanol–water partition coefficient (Wildman–Crippen LogP) is 2.50. The zero-order valence-corrected chi connectivity index (χ0v) is 9.98. The van der Waals surface area contributed by atoms with Gasteiger partial charge in [0.1, 0.15) is 5.82 Å². The van der Waals surface area contributed by atoms with Crippen LogP contribution in [0.15, 0.2) is 12.1 Å². The molecule has 2 heterocycles. The van der Waals surface area contributed by atoms with Gasteiger partial charge in [0.05, 0.1) is 0 Å². The number of anilines is 1. The van der Waals surface area contributed by atoms with Crippen molar-refractivity contribution < 1.29 is 13.2 Å². The van der Waals surface area contributed by atoms with Gasteiger partial charge in [0.15, 0.2) is 5.65 Å². The first-order valence-corrected chi connectivity index (χ1v) is 6.10. The fraction of sp³-hybridized carbons (Fsp3) is 0.545. The molecule has 0 radical (unpaired) electrons. The zero-order valence-electron chi connectivity index (χ0n) is 9.98. The molecule has 5 nitrogen and oxygen atoms in total. The van der Waals surface area contributed by atoms with Crippen LogP contribution in [0.3, 0.4) is 0 Å². The van der Waals surface area contributed by atoms with E-state index in [0.717, 1.165) is 30.2 Å². The Morgan fingerprint density at radius 3 is 2.58 bits per heavy atom. The van der Waals surface area contributed by atoms with E-state index in [1.807, 2.05) is 0 Å². The Bertz CT molecular complexity index is 586. The van der Waals surface area contributed by atoms with E-state index >= 15 is 0 Å². The molecule has 0 spiro atoms. The van der Waals surface area contributed by atoms with Crippen LogP contribution in [0.25, 0.3) is 5.65 Å². The van der Waals surface area contributed by atoms with Crippen molar-refractivity contribution in [1.82, 2.24) is 19.8 Å². The van der Waals surface area contributed by atoms with Gasteiger partial charge in [-0.3, -0.25) is 0 Å². The Labute approximate surface area is 106 Å². The Morgan fingerprint density at radius 2 is 1.89 bits per heavy atom. The van der Waals surface area contributed by atoms with Crippen molar-refractivity contribution in [2.45, 2.75) is 37.9 Å². The van der Waals surface area contributed by atoms with E-state index in [2.05, 4.69) is 20.6 Å². The number of rotatable bonds is 2. The van der Waals surface area contributed by atoms with Crippen LogP contribution in [0, 0.1) is 0 Å². The van der Waals surface area contributed by atoms with Crippen LogP contribution in [0.2, 0.25) is 0 Å². The quantitative estimate of drug-likeness (QED) is 0.911. The average molecular weight is 271 g/mol. The molecule has 1 aliphatic rings. The lowest BCUT2D eigenvalue weighted by atomic mass is 10.2. The molecular formula is C11H12F3N5. The third-order valence-corrected chi connectivity index (χ3v) is 3.22. The van der Waals surface area contributed by atoms with Crippen LogP contribution >= 0.6 is 0 Å². The summed E-state index contributed by atoms with van der Waals surface area (Å²) < 4.78 is 38.8. The zero-order chi connectivity index (χ0) is 13.5. The van der Waals surface area contributed by atoms with Gasteiger partial charge >= 0.3 is 6.18 Å². The molecule has 102 valence electrons. The number of fused-ring (bicyclic) bond motifs is 1. The van der Waals surface area contributed by atoms with Crippen LogP contribution in [0.1, 0.15) is 31.5 Å². The molecule has 0 atom stereocenters. The second kappa shape index (κ2) is 4.36. The first-order chi connectivity index (χ1) is 9.04. The summed E-state index contributed by atoms with van der Waals surface area (Å²) in [7, 11) is 0. The number of hydrogen-bond donors (Lipinski definition) is 1. The van der Waals surface area contributed by atoms with Crippen LogP contribution < -0.4 is 5.32 Å². The molecule has 0 aliphatic heterocycles. The van der Waals surface area contributed by atoms with Crippen molar-refractivity contribution in [3.63, 3.8) is 0 Å². The summed E-state index contributed by atoms with van der Waals surface area (Å²) in [4.78, 5) is 0. The predicted molar refractivity (Wildman–Crippen MR) is 61.7 cm³/mol. The van der Waals surface area contributed by atoms with E-state index in [4.69, 9.17) is 0 Å². The maximum absolute atomic E-state index is 12.7. The van der Waals surface area contributed by atoms with Gasteiger partial charge in [-0.1, -0.05) is 12.8 Å². The van der Waals surface area contributed by atoms with Crippen LogP contribution in [0.4, 0.5) is 19.0 Å². The summed E-state index contributed by atoms with van der Waals surface area (Å²) in [5.74, 6) is -0.678. The minimum Gasteiger partial charge on any atom is -0.366 e. The highest BCUT2D eigenvalue weighted by Gasteiger charge is 2.37. The molecule has 0 saturated heterocycles. The van der Waals surface area contributed by atoms with E-state index < -0.39 is 12.0 Å². The second-order valence-corrected chi connectivity index (χ2v) is 4.64. The van der Waals surface area contributed by atoms with Crippen LogP contribution in [0.5, 0.6) is 0 Å². The number of aromatic nitrogens is 4. The fourth-order valence-corrected chi connectivity index (χ4v) is 2.32. The molecular weight excluding hydrogens is 259 g/mol. The topological polar surface area (TPSA) is 55.1 Å². The molecule has 2 aromatic heterocycles. The summed E-state index contributed by atoms with van der Waals surface area (Å²) in [6.07, 6.45) is -0.235. The highest BCUT2D eigenvalue weighted by Crippen LogP contribution is 2.28. The maximum atomic E-state index is 12.7.